The first-order chi connectivity index (χ1) is 11.0. The molecule has 0 aliphatic carbocycles. The molecule has 1 unspecified atom stereocenters. The van der Waals surface area contributed by atoms with Crippen molar-refractivity contribution in [2.24, 2.45) is 0 Å². The Kier molecular flexibility index (Phi) is 4.95. The lowest BCUT2D eigenvalue weighted by Crippen LogP contribution is -2.30. The Morgan fingerprint density at radius 2 is 1.78 bits per heavy atom. The average molecular weight is 314 g/mol. The number of carbonyl (C=O) groups is 1. The molecule has 0 fully saturated rings. The topological polar surface area (TPSA) is 72.7 Å². The van der Waals surface area contributed by atoms with Crippen molar-refractivity contribution >= 4 is 11.6 Å². The van der Waals surface area contributed by atoms with Crippen LogP contribution in [0.5, 0.6) is 5.75 Å². The lowest BCUT2D eigenvalue weighted by Gasteiger charge is -2.26. The first-order valence-electron chi connectivity index (χ1n) is 7.10. The molecule has 0 spiro atoms. The van der Waals surface area contributed by atoms with Crippen molar-refractivity contribution in [2.75, 3.05) is 14.2 Å². The number of hydrogen-bond acceptors (Lipinski definition) is 4. The maximum Gasteiger partial charge on any atom is 0.282 e. The minimum atomic E-state index is -0.547. The number of methoxy groups -OCH3 is 1. The zero-order chi connectivity index (χ0) is 17.0. The van der Waals surface area contributed by atoms with E-state index in [0.717, 1.165) is 5.56 Å². The maximum atomic E-state index is 12.7. The van der Waals surface area contributed by atoms with Crippen LogP contribution in [0.1, 0.15) is 28.9 Å². The van der Waals surface area contributed by atoms with E-state index in [0.29, 0.717) is 5.75 Å². The van der Waals surface area contributed by atoms with Crippen LogP contribution in [0.15, 0.2) is 48.5 Å². The fourth-order valence-electron chi connectivity index (χ4n) is 2.40. The van der Waals surface area contributed by atoms with Gasteiger partial charge in [-0.05, 0) is 19.1 Å². The van der Waals surface area contributed by atoms with Gasteiger partial charge in [-0.1, -0.05) is 30.3 Å². The van der Waals surface area contributed by atoms with E-state index in [1.54, 1.807) is 26.3 Å². The summed E-state index contributed by atoms with van der Waals surface area (Å²) in [6.07, 6.45) is 0. The Morgan fingerprint density at radius 1 is 1.17 bits per heavy atom. The molecule has 120 valence electrons. The van der Waals surface area contributed by atoms with E-state index in [1.165, 1.54) is 17.0 Å². The molecule has 2 aromatic rings. The first-order valence-corrected chi connectivity index (χ1v) is 7.10. The lowest BCUT2D eigenvalue weighted by atomic mass is 10.0. The lowest BCUT2D eigenvalue weighted by molar-refractivity contribution is -0.385. The number of carbonyl (C=O) groups excluding carboxylic acids is 1. The molecule has 0 saturated carbocycles. The van der Waals surface area contributed by atoms with E-state index in [-0.39, 0.29) is 17.3 Å². The van der Waals surface area contributed by atoms with Crippen LogP contribution in [0, 0.1) is 10.1 Å². The minimum absolute atomic E-state index is 0.0711. The molecule has 0 saturated heterocycles. The predicted molar refractivity (Wildman–Crippen MR) is 86.6 cm³/mol. The highest BCUT2D eigenvalue weighted by atomic mass is 16.6. The number of nitro groups is 1. The van der Waals surface area contributed by atoms with Crippen LogP contribution < -0.4 is 4.74 Å². The summed E-state index contributed by atoms with van der Waals surface area (Å²) in [6, 6.07) is 13.0. The van der Waals surface area contributed by atoms with E-state index in [2.05, 4.69) is 0 Å². The standard InChI is InChI=1S/C17H18N2O4/c1-12(13-8-5-7-11-16(13)23-3)18(2)17(20)14-9-4-6-10-15(14)19(21)22/h4-12H,1-3H3. The molecule has 1 amide bonds. The fourth-order valence-corrected chi connectivity index (χ4v) is 2.40. The second kappa shape index (κ2) is 6.91. The Bertz CT molecular complexity index is 730. The van der Waals surface area contributed by atoms with Gasteiger partial charge in [-0.15, -0.1) is 0 Å². The van der Waals surface area contributed by atoms with Crippen LogP contribution in [0.3, 0.4) is 0 Å². The SMILES string of the molecule is COc1ccccc1C(C)N(C)C(=O)c1ccccc1[N+](=O)[O-]. The molecule has 6 nitrogen and oxygen atoms in total. The number of nitrogens with zero attached hydrogens (tertiary/aromatic N) is 2. The van der Waals surface area contributed by atoms with Crippen molar-refractivity contribution in [1.82, 2.24) is 4.90 Å². The summed E-state index contributed by atoms with van der Waals surface area (Å²) in [7, 11) is 3.19. The smallest absolute Gasteiger partial charge is 0.282 e. The Balaban J connectivity index is 2.35. The van der Waals surface area contributed by atoms with Gasteiger partial charge in [0.25, 0.3) is 11.6 Å². The first kappa shape index (κ1) is 16.5. The summed E-state index contributed by atoms with van der Waals surface area (Å²) in [4.78, 5) is 24.7. The summed E-state index contributed by atoms with van der Waals surface area (Å²) in [5.74, 6) is 0.262. The van der Waals surface area contributed by atoms with Gasteiger partial charge in [0.1, 0.15) is 11.3 Å². The van der Waals surface area contributed by atoms with Gasteiger partial charge in [0.15, 0.2) is 0 Å². The van der Waals surface area contributed by atoms with Crippen molar-refractivity contribution in [1.29, 1.82) is 0 Å². The van der Waals surface area contributed by atoms with Crippen molar-refractivity contribution in [3.63, 3.8) is 0 Å². The van der Waals surface area contributed by atoms with Gasteiger partial charge >= 0.3 is 0 Å². The van der Waals surface area contributed by atoms with Gasteiger partial charge in [-0.3, -0.25) is 14.9 Å². The summed E-state index contributed by atoms with van der Waals surface area (Å²) >= 11 is 0. The quantitative estimate of drug-likeness (QED) is 0.626. The van der Waals surface area contributed by atoms with E-state index in [4.69, 9.17) is 4.74 Å². The Morgan fingerprint density at radius 3 is 2.43 bits per heavy atom. The second-order valence-electron chi connectivity index (χ2n) is 5.11. The van der Waals surface area contributed by atoms with Crippen LogP contribution in [0.4, 0.5) is 5.69 Å². The molecule has 0 heterocycles. The fraction of sp³-hybridized carbons (Fsp3) is 0.235. The van der Waals surface area contributed by atoms with Crippen LogP contribution in [-0.4, -0.2) is 29.9 Å². The van der Waals surface area contributed by atoms with Crippen molar-refractivity contribution in [2.45, 2.75) is 13.0 Å². The van der Waals surface area contributed by atoms with E-state index >= 15 is 0 Å². The molecule has 0 aromatic heterocycles. The molecule has 0 aliphatic heterocycles. The molecule has 2 rings (SSSR count). The zero-order valence-corrected chi connectivity index (χ0v) is 13.2. The number of amides is 1. The summed E-state index contributed by atoms with van der Waals surface area (Å²) < 4.78 is 5.32. The third-order valence-electron chi connectivity index (χ3n) is 3.82. The second-order valence-corrected chi connectivity index (χ2v) is 5.11. The molecule has 0 aliphatic rings. The Labute approximate surface area is 134 Å². The largest absolute Gasteiger partial charge is 0.496 e. The van der Waals surface area contributed by atoms with Crippen LogP contribution in [-0.2, 0) is 0 Å². The van der Waals surface area contributed by atoms with Gasteiger partial charge in [0.2, 0.25) is 0 Å². The molecule has 0 radical (unpaired) electrons. The molecule has 0 N–H and O–H groups in total. The maximum absolute atomic E-state index is 12.7. The number of ether oxygens (including phenoxy) is 1. The number of benzene rings is 2. The van der Waals surface area contributed by atoms with Crippen molar-refractivity contribution < 1.29 is 14.5 Å². The molecular weight excluding hydrogens is 296 g/mol. The number of para-hydroxylation sites is 2. The van der Waals surface area contributed by atoms with Crippen molar-refractivity contribution in [3.8, 4) is 5.75 Å². The summed E-state index contributed by atoms with van der Waals surface area (Å²) in [6.45, 7) is 1.85. The molecule has 6 heteroatoms. The average Bonchev–Trinajstić information content (AvgIpc) is 2.59. The van der Waals surface area contributed by atoms with E-state index in [1.807, 2.05) is 31.2 Å². The number of hydrogen-bond donors (Lipinski definition) is 0. The minimum Gasteiger partial charge on any atom is -0.496 e. The highest BCUT2D eigenvalue weighted by Crippen LogP contribution is 2.30. The zero-order valence-electron chi connectivity index (χ0n) is 13.2. The highest BCUT2D eigenvalue weighted by Gasteiger charge is 2.26. The summed E-state index contributed by atoms with van der Waals surface area (Å²) in [5.41, 5.74) is 0.711. The van der Waals surface area contributed by atoms with Crippen molar-refractivity contribution in [3.05, 3.63) is 69.8 Å². The van der Waals surface area contributed by atoms with Crippen LogP contribution >= 0.6 is 0 Å². The molecule has 0 bridgehead atoms. The van der Waals surface area contributed by atoms with Gasteiger partial charge < -0.3 is 9.64 Å². The number of rotatable bonds is 5. The van der Waals surface area contributed by atoms with Gasteiger partial charge in [-0.25, -0.2) is 0 Å². The number of nitro benzene ring substituents is 1. The predicted octanol–water partition coefficient (Wildman–Crippen LogP) is 3.44. The monoisotopic (exact) mass is 314 g/mol. The van der Waals surface area contributed by atoms with Crippen LogP contribution in [0.25, 0.3) is 0 Å². The van der Waals surface area contributed by atoms with E-state index in [9.17, 15) is 14.9 Å². The Hall–Kier alpha value is -2.89. The summed E-state index contributed by atoms with van der Waals surface area (Å²) in [5, 5.41) is 11.1. The van der Waals surface area contributed by atoms with E-state index < -0.39 is 10.8 Å². The van der Waals surface area contributed by atoms with Gasteiger partial charge in [0.05, 0.1) is 18.1 Å². The molecular formula is C17H18N2O4. The molecule has 23 heavy (non-hydrogen) atoms. The third kappa shape index (κ3) is 3.31. The van der Waals surface area contributed by atoms with Crippen LogP contribution in [0.2, 0.25) is 0 Å². The normalized spacial score (nSPS) is 11.6. The highest BCUT2D eigenvalue weighted by molar-refractivity contribution is 5.98. The van der Waals surface area contributed by atoms with Gasteiger partial charge in [-0.2, -0.15) is 0 Å². The third-order valence-corrected chi connectivity index (χ3v) is 3.82. The molecule has 1 atom stereocenters. The molecule has 2 aromatic carbocycles. The van der Waals surface area contributed by atoms with Gasteiger partial charge in [0, 0.05) is 18.7 Å².